The number of carbonyl (C=O) groups excluding carboxylic acids is 1. The first-order chi connectivity index (χ1) is 16.8. The molecular formula is C25H33F2N5O3S. The molecule has 2 aromatic heterocycles. The van der Waals surface area contributed by atoms with E-state index < -0.39 is 15.9 Å². The van der Waals surface area contributed by atoms with Crippen molar-refractivity contribution in [1.29, 1.82) is 0 Å². The van der Waals surface area contributed by atoms with Crippen LogP contribution in [0.2, 0.25) is 0 Å². The van der Waals surface area contributed by atoms with E-state index in [1.165, 1.54) is 24.5 Å². The van der Waals surface area contributed by atoms with Crippen LogP contribution >= 0.6 is 0 Å². The number of imidazole rings is 1. The van der Waals surface area contributed by atoms with E-state index in [4.69, 9.17) is 4.98 Å². The van der Waals surface area contributed by atoms with Gasteiger partial charge in [0.1, 0.15) is 5.82 Å². The summed E-state index contributed by atoms with van der Waals surface area (Å²) in [5.74, 6) is -2.10. The molecule has 1 N–H and O–H groups in total. The fourth-order valence-electron chi connectivity index (χ4n) is 4.57. The molecule has 0 aliphatic heterocycles. The lowest BCUT2D eigenvalue weighted by molar-refractivity contribution is -0.0473. The topological polar surface area (TPSA) is 98.9 Å². The Bertz CT molecular complexity index is 1360. The van der Waals surface area contributed by atoms with Gasteiger partial charge in [-0.3, -0.25) is 4.79 Å². The van der Waals surface area contributed by atoms with E-state index in [2.05, 4.69) is 10.4 Å². The van der Waals surface area contributed by atoms with Gasteiger partial charge < -0.3 is 9.88 Å². The van der Waals surface area contributed by atoms with Crippen LogP contribution in [0.5, 0.6) is 0 Å². The van der Waals surface area contributed by atoms with Gasteiger partial charge in [-0.1, -0.05) is 27.7 Å². The number of amides is 1. The number of benzene rings is 1. The molecule has 0 spiro atoms. The minimum Gasteiger partial charge on any atom is -0.352 e. The predicted molar refractivity (Wildman–Crippen MR) is 133 cm³/mol. The molecule has 3 aromatic rings. The molecule has 0 bridgehead atoms. The number of aromatic nitrogens is 4. The van der Waals surface area contributed by atoms with Crippen molar-refractivity contribution in [3.8, 4) is 0 Å². The van der Waals surface area contributed by atoms with Gasteiger partial charge in [0.05, 0.1) is 33.9 Å². The Morgan fingerprint density at radius 3 is 2.56 bits per heavy atom. The number of hydrogen-bond acceptors (Lipinski definition) is 5. The first kappa shape index (κ1) is 26.2. The average Bonchev–Trinajstić information content (AvgIpc) is 3.44. The number of rotatable bonds is 7. The first-order valence-corrected chi connectivity index (χ1v) is 13.7. The second-order valence-corrected chi connectivity index (χ2v) is 12.4. The lowest BCUT2D eigenvalue weighted by atomic mass is 9.86. The van der Waals surface area contributed by atoms with E-state index in [-0.39, 0.29) is 40.5 Å². The van der Waals surface area contributed by atoms with E-state index in [0.717, 1.165) is 21.8 Å². The lowest BCUT2D eigenvalue weighted by Gasteiger charge is -2.30. The molecule has 36 heavy (non-hydrogen) atoms. The van der Waals surface area contributed by atoms with Crippen molar-refractivity contribution >= 4 is 27.0 Å². The van der Waals surface area contributed by atoms with Crippen molar-refractivity contribution in [3.05, 3.63) is 42.0 Å². The summed E-state index contributed by atoms with van der Waals surface area (Å²) in [6.45, 7) is 9.02. The Labute approximate surface area is 210 Å². The van der Waals surface area contributed by atoms with Crippen molar-refractivity contribution in [2.75, 3.05) is 6.54 Å². The highest BCUT2D eigenvalue weighted by atomic mass is 32.2. The van der Waals surface area contributed by atoms with E-state index >= 15 is 0 Å². The highest BCUT2D eigenvalue weighted by Gasteiger charge is 2.36. The van der Waals surface area contributed by atoms with Crippen LogP contribution < -0.4 is 5.32 Å². The Morgan fingerprint density at radius 2 is 1.92 bits per heavy atom. The van der Waals surface area contributed by atoms with E-state index in [0.29, 0.717) is 31.4 Å². The number of hydrogen-bond donors (Lipinski definition) is 1. The van der Waals surface area contributed by atoms with Crippen LogP contribution in [-0.4, -0.2) is 45.5 Å². The third-order valence-electron chi connectivity index (χ3n) is 6.57. The van der Waals surface area contributed by atoms with Crippen molar-refractivity contribution in [1.82, 2.24) is 24.1 Å². The Balaban J connectivity index is 1.67. The number of nitrogens with one attached hydrogen (secondary N) is 1. The minimum absolute atomic E-state index is 0.000957. The largest absolute Gasteiger partial charge is 0.352 e. The molecule has 1 aromatic carbocycles. The minimum atomic E-state index is -4.05. The summed E-state index contributed by atoms with van der Waals surface area (Å²) in [7, 11) is -4.05. The summed E-state index contributed by atoms with van der Waals surface area (Å²) in [6.07, 6.45) is 3.84. The number of halogens is 2. The molecule has 1 aliphatic rings. The maximum Gasteiger partial charge on any atom is 0.283 e. The molecule has 2 heterocycles. The molecule has 11 heteroatoms. The van der Waals surface area contributed by atoms with Crippen LogP contribution in [0.15, 0.2) is 35.5 Å². The average molecular weight is 522 g/mol. The van der Waals surface area contributed by atoms with E-state index in [1.54, 1.807) is 6.07 Å². The summed E-state index contributed by atoms with van der Waals surface area (Å²) in [4.78, 5) is 16.9. The molecule has 0 saturated heterocycles. The second-order valence-electron chi connectivity index (χ2n) is 10.6. The smallest absolute Gasteiger partial charge is 0.283 e. The number of carbonyl (C=O) groups is 1. The van der Waals surface area contributed by atoms with Crippen molar-refractivity contribution in [2.24, 2.45) is 5.92 Å². The Morgan fingerprint density at radius 1 is 1.22 bits per heavy atom. The third-order valence-corrected chi connectivity index (χ3v) is 8.11. The molecule has 0 atom stereocenters. The summed E-state index contributed by atoms with van der Waals surface area (Å²) in [5, 5.41) is 6.60. The van der Waals surface area contributed by atoms with Gasteiger partial charge >= 0.3 is 0 Å². The maximum atomic E-state index is 13.7. The van der Waals surface area contributed by atoms with Crippen molar-refractivity contribution in [3.63, 3.8) is 0 Å². The van der Waals surface area contributed by atoms with Crippen molar-refractivity contribution in [2.45, 2.75) is 82.6 Å². The van der Waals surface area contributed by atoms with Gasteiger partial charge in [-0.05, 0) is 43.4 Å². The quantitative estimate of drug-likeness (QED) is 0.485. The Kier molecular flexibility index (Phi) is 6.98. The molecule has 0 radical (unpaired) electrons. The van der Waals surface area contributed by atoms with Gasteiger partial charge in [0.15, 0.2) is 0 Å². The van der Waals surface area contributed by atoms with Crippen LogP contribution in [0.1, 0.15) is 76.0 Å². The zero-order chi connectivity index (χ0) is 26.3. The number of alkyl halides is 2. The van der Waals surface area contributed by atoms with Gasteiger partial charge in [0.25, 0.3) is 15.9 Å². The monoisotopic (exact) mass is 521 g/mol. The van der Waals surface area contributed by atoms with Gasteiger partial charge in [-0.25, -0.2) is 13.8 Å². The number of fused-ring (bicyclic) bond motifs is 1. The van der Waals surface area contributed by atoms with E-state index in [9.17, 15) is 22.0 Å². The lowest BCUT2D eigenvalue weighted by Crippen LogP contribution is -2.28. The summed E-state index contributed by atoms with van der Waals surface area (Å²) in [5.41, 5.74) is 1.09. The highest BCUT2D eigenvalue weighted by Crippen LogP contribution is 2.38. The molecule has 0 unspecified atom stereocenters. The van der Waals surface area contributed by atoms with Crippen LogP contribution in [0.3, 0.4) is 0 Å². The fourth-order valence-corrected chi connectivity index (χ4v) is 5.71. The van der Waals surface area contributed by atoms with E-state index in [1.807, 2.05) is 32.3 Å². The normalized spacial score (nSPS) is 16.9. The SMILES string of the molecule is CCCNC(=O)c1cnn(S(=O)(=O)c2ccc3c(c2)nc(C(C)(C)C)n3CC2CCC(F)(F)CC2)c1. The second kappa shape index (κ2) is 9.57. The molecule has 8 nitrogen and oxygen atoms in total. The molecule has 1 aliphatic carbocycles. The van der Waals surface area contributed by atoms with Crippen LogP contribution in [-0.2, 0) is 22.0 Å². The zero-order valence-electron chi connectivity index (χ0n) is 21.1. The molecule has 196 valence electrons. The first-order valence-electron chi connectivity index (χ1n) is 12.3. The van der Waals surface area contributed by atoms with Gasteiger partial charge in [0, 0.05) is 31.3 Å². The van der Waals surface area contributed by atoms with Crippen molar-refractivity contribution < 1.29 is 22.0 Å². The number of nitrogens with zero attached hydrogens (tertiary/aromatic N) is 4. The van der Waals surface area contributed by atoms with Crippen LogP contribution in [0, 0.1) is 5.92 Å². The van der Waals surface area contributed by atoms with Crippen LogP contribution in [0.4, 0.5) is 8.78 Å². The summed E-state index contributed by atoms with van der Waals surface area (Å²) >= 11 is 0. The maximum absolute atomic E-state index is 13.7. The van der Waals surface area contributed by atoms with Gasteiger partial charge in [-0.2, -0.15) is 17.6 Å². The van der Waals surface area contributed by atoms with Gasteiger partial charge in [0.2, 0.25) is 5.92 Å². The zero-order valence-corrected chi connectivity index (χ0v) is 21.9. The third kappa shape index (κ3) is 5.30. The molecule has 4 rings (SSSR count). The standard InChI is InChI=1S/C25H33F2N5O3S/c1-5-12-28-22(33)18-14-29-32(16-18)36(34,35)19-6-7-21-20(13-19)30-23(24(2,3)4)31(21)15-17-8-10-25(26,27)11-9-17/h6-7,13-14,16-17H,5,8-12,15H2,1-4H3,(H,28,33). The molecule has 1 fully saturated rings. The molecule has 1 saturated carbocycles. The predicted octanol–water partition coefficient (Wildman–Crippen LogP) is 4.73. The molecule has 1 amide bonds. The highest BCUT2D eigenvalue weighted by molar-refractivity contribution is 7.89. The molecular weight excluding hydrogens is 488 g/mol. The van der Waals surface area contributed by atoms with Gasteiger partial charge in [-0.15, -0.1) is 0 Å². The Hall–Kier alpha value is -2.82. The van der Waals surface area contributed by atoms with Crippen LogP contribution in [0.25, 0.3) is 11.0 Å². The fraction of sp³-hybridized carbons (Fsp3) is 0.560. The summed E-state index contributed by atoms with van der Waals surface area (Å²) < 4.78 is 56.7. The summed E-state index contributed by atoms with van der Waals surface area (Å²) in [6, 6.07) is 4.71.